The number of aliphatic hydroxyl groups is 1. The lowest BCUT2D eigenvalue weighted by Gasteiger charge is -2.39. The van der Waals surface area contributed by atoms with Gasteiger partial charge in [-0.25, -0.2) is 4.39 Å². The summed E-state index contributed by atoms with van der Waals surface area (Å²) in [5.41, 5.74) is 0.994. The zero-order valence-electron chi connectivity index (χ0n) is 10.6. The maximum absolute atomic E-state index is 13.1. The first-order valence-electron chi connectivity index (χ1n) is 6.40. The lowest BCUT2D eigenvalue weighted by Crippen LogP contribution is -2.45. The molecule has 1 heterocycles. The molecular formula is C14H19ClFNO. The minimum atomic E-state index is -0.383. The van der Waals surface area contributed by atoms with Gasteiger partial charge in [0.05, 0.1) is 11.6 Å². The number of hydrogen-bond acceptors (Lipinski definition) is 2. The summed E-state index contributed by atoms with van der Waals surface area (Å²) >= 11 is 5.79. The van der Waals surface area contributed by atoms with E-state index in [-0.39, 0.29) is 23.5 Å². The number of aliphatic hydroxyl groups excluding tert-OH is 1. The van der Waals surface area contributed by atoms with Crippen LogP contribution in [0.1, 0.15) is 25.3 Å². The van der Waals surface area contributed by atoms with E-state index >= 15 is 0 Å². The van der Waals surface area contributed by atoms with Gasteiger partial charge in [-0.1, -0.05) is 24.6 Å². The van der Waals surface area contributed by atoms with Crippen LogP contribution in [0.15, 0.2) is 18.2 Å². The number of nitrogens with zero attached hydrogens (tertiary/aromatic N) is 1. The summed E-state index contributed by atoms with van der Waals surface area (Å²) in [4.78, 5) is 2.26. The lowest BCUT2D eigenvalue weighted by molar-refractivity contribution is 0.0472. The Morgan fingerprint density at radius 1 is 1.50 bits per heavy atom. The van der Waals surface area contributed by atoms with E-state index in [2.05, 4.69) is 11.8 Å². The van der Waals surface area contributed by atoms with Crippen LogP contribution in [0.25, 0.3) is 0 Å². The van der Waals surface area contributed by atoms with Crippen molar-refractivity contribution in [2.75, 3.05) is 13.2 Å². The number of hydrogen-bond donors (Lipinski definition) is 1. The second-order valence-electron chi connectivity index (χ2n) is 5.09. The fourth-order valence-corrected chi connectivity index (χ4v) is 2.90. The Labute approximate surface area is 112 Å². The second kappa shape index (κ2) is 6.00. The first-order chi connectivity index (χ1) is 8.61. The predicted molar refractivity (Wildman–Crippen MR) is 71.1 cm³/mol. The van der Waals surface area contributed by atoms with Gasteiger partial charge in [0.2, 0.25) is 0 Å². The third kappa shape index (κ3) is 3.02. The molecule has 0 saturated carbocycles. The molecule has 2 atom stereocenters. The first kappa shape index (κ1) is 13.8. The van der Waals surface area contributed by atoms with Crippen molar-refractivity contribution in [3.63, 3.8) is 0 Å². The molecule has 1 aromatic carbocycles. The first-order valence-corrected chi connectivity index (χ1v) is 6.78. The van der Waals surface area contributed by atoms with Gasteiger partial charge in [0.25, 0.3) is 0 Å². The van der Waals surface area contributed by atoms with Gasteiger partial charge in [-0.3, -0.25) is 4.90 Å². The summed E-state index contributed by atoms with van der Waals surface area (Å²) in [6.07, 6.45) is 2.30. The zero-order valence-corrected chi connectivity index (χ0v) is 11.3. The minimum absolute atomic E-state index is 0.165. The van der Waals surface area contributed by atoms with Crippen LogP contribution in [0.4, 0.5) is 4.39 Å². The normalized spacial score (nSPS) is 25.3. The molecule has 0 unspecified atom stereocenters. The Morgan fingerprint density at radius 2 is 2.28 bits per heavy atom. The van der Waals surface area contributed by atoms with E-state index in [4.69, 9.17) is 11.6 Å². The van der Waals surface area contributed by atoms with Crippen molar-refractivity contribution in [3.05, 3.63) is 34.6 Å². The molecule has 1 aliphatic heterocycles. The molecule has 0 radical (unpaired) electrons. The maximum atomic E-state index is 13.1. The number of piperidine rings is 1. The fraction of sp³-hybridized carbons (Fsp3) is 0.571. The van der Waals surface area contributed by atoms with E-state index in [9.17, 15) is 9.50 Å². The second-order valence-corrected chi connectivity index (χ2v) is 5.50. The standard InChI is InChI=1S/C14H19ClFNO/c1-10-3-2-6-17(14(10)9-18)8-11-4-5-13(16)12(15)7-11/h4-5,7,10,14,18H,2-3,6,8-9H2,1H3/t10-,14-/m0/s1. The van der Waals surface area contributed by atoms with E-state index in [1.165, 1.54) is 6.07 Å². The highest BCUT2D eigenvalue weighted by molar-refractivity contribution is 6.30. The molecule has 100 valence electrons. The minimum Gasteiger partial charge on any atom is -0.395 e. The molecule has 0 bridgehead atoms. The molecule has 0 aliphatic carbocycles. The summed E-state index contributed by atoms with van der Waals surface area (Å²) in [5, 5.41) is 9.65. The number of rotatable bonds is 3. The van der Waals surface area contributed by atoms with Crippen molar-refractivity contribution in [3.8, 4) is 0 Å². The van der Waals surface area contributed by atoms with Gasteiger partial charge in [0.15, 0.2) is 0 Å². The smallest absolute Gasteiger partial charge is 0.141 e. The van der Waals surface area contributed by atoms with Gasteiger partial charge in [0, 0.05) is 12.6 Å². The summed E-state index contributed by atoms with van der Waals surface area (Å²) in [5.74, 6) is 0.116. The Kier molecular flexibility index (Phi) is 4.60. The average Bonchev–Trinajstić information content (AvgIpc) is 2.34. The van der Waals surface area contributed by atoms with E-state index < -0.39 is 0 Å². The van der Waals surface area contributed by atoms with Gasteiger partial charge >= 0.3 is 0 Å². The Morgan fingerprint density at radius 3 is 2.94 bits per heavy atom. The molecule has 2 rings (SSSR count). The van der Waals surface area contributed by atoms with Crippen LogP contribution >= 0.6 is 11.6 Å². The van der Waals surface area contributed by atoms with Crippen LogP contribution in [0.5, 0.6) is 0 Å². The maximum Gasteiger partial charge on any atom is 0.141 e. The van der Waals surface area contributed by atoms with E-state index in [1.54, 1.807) is 12.1 Å². The number of benzene rings is 1. The van der Waals surface area contributed by atoms with E-state index in [0.29, 0.717) is 5.92 Å². The highest BCUT2D eigenvalue weighted by Gasteiger charge is 2.27. The number of likely N-dealkylation sites (tertiary alicyclic amines) is 1. The third-order valence-electron chi connectivity index (χ3n) is 3.79. The Hall–Kier alpha value is -0.640. The molecule has 1 fully saturated rings. The molecule has 2 nitrogen and oxygen atoms in total. The SMILES string of the molecule is C[C@H]1CCCN(Cc2ccc(F)c(Cl)c2)[C@H]1CO. The molecule has 0 aromatic heterocycles. The summed E-state index contributed by atoms with van der Waals surface area (Å²) in [7, 11) is 0. The van der Waals surface area contributed by atoms with Gasteiger partial charge in [0.1, 0.15) is 5.82 Å². The quantitative estimate of drug-likeness (QED) is 0.913. The molecule has 1 N–H and O–H groups in total. The topological polar surface area (TPSA) is 23.5 Å². The van der Waals surface area contributed by atoms with Gasteiger partial charge in [-0.05, 0) is 43.0 Å². The van der Waals surface area contributed by atoms with Crippen molar-refractivity contribution in [1.82, 2.24) is 4.90 Å². The van der Waals surface area contributed by atoms with E-state index in [0.717, 1.165) is 31.5 Å². The third-order valence-corrected chi connectivity index (χ3v) is 4.08. The van der Waals surface area contributed by atoms with Crippen molar-refractivity contribution in [1.29, 1.82) is 0 Å². The van der Waals surface area contributed by atoms with Crippen molar-refractivity contribution in [2.45, 2.75) is 32.4 Å². The molecule has 0 spiro atoms. The zero-order chi connectivity index (χ0) is 13.1. The molecule has 1 aliphatic rings. The molecule has 18 heavy (non-hydrogen) atoms. The van der Waals surface area contributed by atoms with Crippen LogP contribution in [-0.4, -0.2) is 29.2 Å². The highest BCUT2D eigenvalue weighted by Crippen LogP contribution is 2.25. The van der Waals surface area contributed by atoms with Crippen molar-refractivity contribution >= 4 is 11.6 Å². The highest BCUT2D eigenvalue weighted by atomic mass is 35.5. The van der Waals surface area contributed by atoms with Crippen LogP contribution in [-0.2, 0) is 6.54 Å². The summed E-state index contributed by atoms with van der Waals surface area (Å²) < 4.78 is 13.1. The predicted octanol–water partition coefficient (Wildman–Crippen LogP) is 3.07. The summed E-state index contributed by atoms with van der Waals surface area (Å²) in [6, 6.07) is 5.03. The Bertz CT molecular complexity index is 413. The monoisotopic (exact) mass is 271 g/mol. The Balaban J connectivity index is 2.09. The summed E-state index contributed by atoms with van der Waals surface area (Å²) in [6.45, 7) is 4.04. The van der Waals surface area contributed by atoms with Gasteiger partial charge in [-0.2, -0.15) is 0 Å². The molecule has 1 saturated heterocycles. The van der Waals surface area contributed by atoms with Crippen LogP contribution in [0.2, 0.25) is 5.02 Å². The van der Waals surface area contributed by atoms with Crippen LogP contribution in [0.3, 0.4) is 0 Å². The number of halogens is 2. The molecule has 4 heteroatoms. The molecule has 1 aromatic rings. The lowest BCUT2D eigenvalue weighted by atomic mass is 9.91. The van der Waals surface area contributed by atoms with Gasteiger partial charge in [-0.15, -0.1) is 0 Å². The average molecular weight is 272 g/mol. The van der Waals surface area contributed by atoms with Crippen molar-refractivity contribution < 1.29 is 9.50 Å². The van der Waals surface area contributed by atoms with Crippen LogP contribution in [0, 0.1) is 11.7 Å². The van der Waals surface area contributed by atoms with Crippen molar-refractivity contribution in [2.24, 2.45) is 5.92 Å². The van der Waals surface area contributed by atoms with Crippen LogP contribution < -0.4 is 0 Å². The van der Waals surface area contributed by atoms with E-state index in [1.807, 2.05) is 0 Å². The van der Waals surface area contributed by atoms with Gasteiger partial charge < -0.3 is 5.11 Å². The molecule has 0 amide bonds. The largest absolute Gasteiger partial charge is 0.395 e. The fourth-order valence-electron chi connectivity index (χ4n) is 2.70. The molecular weight excluding hydrogens is 253 g/mol.